The fourth-order valence-electron chi connectivity index (χ4n) is 2.24. The van der Waals surface area contributed by atoms with Gasteiger partial charge in [0.05, 0.1) is 23.0 Å². The number of hydrogen-bond donors (Lipinski definition) is 2. The Bertz CT molecular complexity index is 936. The molecule has 3 aromatic rings. The number of esters is 1. The van der Waals surface area contributed by atoms with Crippen molar-refractivity contribution in [1.82, 2.24) is 15.0 Å². The molecule has 1 heterocycles. The molecule has 2 aromatic carbocycles. The summed E-state index contributed by atoms with van der Waals surface area (Å²) in [7, 11) is 0. The first-order chi connectivity index (χ1) is 12.1. The molecule has 0 fully saturated rings. The van der Waals surface area contributed by atoms with Gasteiger partial charge in [-0.1, -0.05) is 29.5 Å². The Morgan fingerprint density at radius 1 is 1.08 bits per heavy atom. The van der Waals surface area contributed by atoms with Crippen molar-refractivity contribution in [2.45, 2.75) is 6.61 Å². The second-order valence-electron chi connectivity index (χ2n) is 5.14. The molecule has 0 saturated carbocycles. The van der Waals surface area contributed by atoms with Crippen molar-refractivity contribution in [1.29, 1.82) is 0 Å². The zero-order valence-electron chi connectivity index (χ0n) is 13.0. The predicted octanol–water partition coefficient (Wildman–Crippen LogP) is 1.90. The summed E-state index contributed by atoms with van der Waals surface area (Å²) in [6.07, 6.45) is 1.50. The Kier molecular flexibility index (Phi) is 4.42. The van der Waals surface area contributed by atoms with E-state index in [1.807, 2.05) is 0 Å². The second-order valence-corrected chi connectivity index (χ2v) is 5.14. The molecule has 0 saturated heterocycles. The first kappa shape index (κ1) is 16.2. The third-order valence-electron chi connectivity index (χ3n) is 3.45. The van der Waals surface area contributed by atoms with Crippen molar-refractivity contribution in [2.75, 3.05) is 5.73 Å². The number of carbonyl (C=O) groups excluding carboxylic acids is 1. The summed E-state index contributed by atoms with van der Waals surface area (Å²) < 4.78 is 6.49. The molecule has 8 nitrogen and oxygen atoms in total. The number of carboxylic acid groups (broad SMARTS) is 1. The lowest BCUT2D eigenvalue weighted by atomic mass is 10.2. The third kappa shape index (κ3) is 3.47. The molecule has 25 heavy (non-hydrogen) atoms. The van der Waals surface area contributed by atoms with Gasteiger partial charge < -0.3 is 15.6 Å². The van der Waals surface area contributed by atoms with Gasteiger partial charge in [-0.2, -0.15) is 0 Å². The molecule has 0 spiro atoms. The molecule has 1 aromatic heterocycles. The monoisotopic (exact) mass is 338 g/mol. The standard InChI is InChI=1S/C17H14N4O4/c18-14-7-3-1-5-12(14)17(24)25-10-11-9-21(20-19-11)15-8-4-2-6-13(15)16(22)23/h1-9H,10,18H2,(H,22,23). The van der Waals surface area contributed by atoms with Gasteiger partial charge in [0, 0.05) is 5.69 Å². The summed E-state index contributed by atoms with van der Waals surface area (Å²) in [5.74, 6) is -1.64. The van der Waals surface area contributed by atoms with E-state index in [4.69, 9.17) is 10.5 Å². The summed E-state index contributed by atoms with van der Waals surface area (Å²) in [5, 5.41) is 17.0. The fraction of sp³-hybridized carbons (Fsp3) is 0.0588. The predicted molar refractivity (Wildman–Crippen MR) is 88.3 cm³/mol. The van der Waals surface area contributed by atoms with Crippen molar-refractivity contribution in [2.24, 2.45) is 0 Å². The maximum atomic E-state index is 12.0. The number of benzene rings is 2. The van der Waals surface area contributed by atoms with Crippen LogP contribution in [0.3, 0.4) is 0 Å². The molecule has 0 unspecified atom stereocenters. The van der Waals surface area contributed by atoms with Gasteiger partial charge in [0.25, 0.3) is 0 Å². The number of anilines is 1. The molecule has 0 bridgehead atoms. The number of nitrogen functional groups attached to an aromatic ring is 1. The van der Waals surface area contributed by atoms with E-state index < -0.39 is 11.9 Å². The van der Waals surface area contributed by atoms with E-state index in [0.717, 1.165) is 0 Å². The van der Waals surface area contributed by atoms with E-state index in [9.17, 15) is 14.7 Å². The van der Waals surface area contributed by atoms with E-state index in [1.165, 1.54) is 16.9 Å². The fourth-order valence-corrected chi connectivity index (χ4v) is 2.24. The zero-order chi connectivity index (χ0) is 17.8. The Morgan fingerprint density at radius 3 is 2.48 bits per heavy atom. The van der Waals surface area contributed by atoms with Gasteiger partial charge in [0.2, 0.25) is 0 Å². The van der Waals surface area contributed by atoms with E-state index in [-0.39, 0.29) is 17.7 Å². The van der Waals surface area contributed by atoms with Crippen LogP contribution in [0.25, 0.3) is 5.69 Å². The molecule has 3 rings (SSSR count). The van der Waals surface area contributed by atoms with E-state index in [2.05, 4.69) is 10.3 Å². The van der Waals surface area contributed by atoms with Gasteiger partial charge in [-0.05, 0) is 24.3 Å². The number of rotatable bonds is 5. The van der Waals surface area contributed by atoms with Gasteiger partial charge in [-0.3, -0.25) is 0 Å². The first-order valence-electron chi connectivity index (χ1n) is 7.32. The molecule has 0 radical (unpaired) electrons. The molecular weight excluding hydrogens is 324 g/mol. The molecule has 0 aliphatic rings. The summed E-state index contributed by atoms with van der Waals surface area (Å²) in [6, 6.07) is 13.0. The number of aromatic nitrogens is 3. The minimum atomic E-state index is -1.07. The van der Waals surface area contributed by atoms with E-state index in [1.54, 1.807) is 42.5 Å². The Morgan fingerprint density at radius 2 is 1.76 bits per heavy atom. The zero-order valence-corrected chi connectivity index (χ0v) is 13.0. The van der Waals surface area contributed by atoms with Crippen molar-refractivity contribution in [3.05, 3.63) is 71.5 Å². The largest absolute Gasteiger partial charge is 0.478 e. The van der Waals surface area contributed by atoms with Crippen molar-refractivity contribution in [3.8, 4) is 5.69 Å². The second kappa shape index (κ2) is 6.83. The highest BCUT2D eigenvalue weighted by atomic mass is 16.5. The SMILES string of the molecule is Nc1ccccc1C(=O)OCc1cn(-c2ccccc2C(=O)O)nn1. The highest BCUT2D eigenvalue weighted by molar-refractivity contribution is 5.95. The number of carboxylic acids is 1. The van der Waals surface area contributed by atoms with Gasteiger partial charge in [-0.15, -0.1) is 5.10 Å². The van der Waals surface area contributed by atoms with Crippen LogP contribution in [0, 0.1) is 0 Å². The lowest BCUT2D eigenvalue weighted by Crippen LogP contribution is -2.08. The highest BCUT2D eigenvalue weighted by Gasteiger charge is 2.14. The van der Waals surface area contributed by atoms with Crippen LogP contribution in [-0.4, -0.2) is 32.0 Å². The maximum Gasteiger partial charge on any atom is 0.340 e. The smallest absolute Gasteiger partial charge is 0.340 e. The van der Waals surface area contributed by atoms with Crippen LogP contribution < -0.4 is 5.73 Å². The van der Waals surface area contributed by atoms with Crippen LogP contribution in [0.5, 0.6) is 0 Å². The van der Waals surface area contributed by atoms with E-state index >= 15 is 0 Å². The minimum absolute atomic E-state index is 0.0907. The average molecular weight is 338 g/mol. The number of ether oxygens (including phenoxy) is 1. The van der Waals surface area contributed by atoms with Gasteiger partial charge in [-0.25, -0.2) is 14.3 Å². The van der Waals surface area contributed by atoms with E-state index in [0.29, 0.717) is 17.1 Å². The quantitative estimate of drug-likeness (QED) is 0.538. The Balaban J connectivity index is 1.74. The molecule has 126 valence electrons. The van der Waals surface area contributed by atoms with Crippen molar-refractivity contribution < 1.29 is 19.4 Å². The lowest BCUT2D eigenvalue weighted by molar-refractivity contribution is 0.0468. The van der Waals surface area contributed by atoms with Gasteiger partial charge in [0.15, 0.2) is 0 Å². The van der Waals surface area contributed by atoms with Crippen LogP contribution in [0.2, 0.25) is 0 Å². The first-order valence-corrected chi connectivity index (χ1v) is 7.32. The Labute approximate surface area is 142 Å². The average Bonchev–Trinajstić information content (AvgIpc) is 3.09. The highest BCUT2D eigenvalue weighted by Crippen LogP contribution is 2.15. The van der Waals surface area contributed by atoms with Crippen LogP contribution in [-0.2, 0) is 11.3 Å². The maximum absolute atomic E-state index is 12.0. The van der Waals surface area contributed by atoms with Crippen molar-refractivity contribution >= 4 is 17.6 Å². The van der Waals surface area contributed by atoms with Gasteiger partial charge >= 0.3 is 11.9 Å². The van der Waals surface area contributed by atoms with Crippen LogP contribution >= 0.6 is 0 Å². The number of carbonyl (C=O) groups is 2. The summed E-state index contributed by atoms with van der Waals surface area (Å²) in [4.78, 5) is 23.3. The Hall–Kier alpha value is -3.68. The number of nitrogens with zero attached hydrogens (tertiary/aromatic N) is 3. The van der Waals surface area contributed by atoms with Crippen LogP contribution in [0.4, 0.5) is 5.69 Å². The molecule has 0 aliphatic carbocycles. The normalized spacial score (nSPS) is 10.4. The topological polar surface area (TPSA) is 120 Å². The molecule has 0 atom stereocenters. The summed E-state index contributed by atoms with van der Waals surface area (Å²) >= 11 is 0. The van der Waals surface area contributed by atoms with Crippen LogP contribution in [0.15, 0.2) is 54.7 Å². The number of nitrogens with two attached hydrogens (primary N) is 1. The number of hydrogen-bond acceptors (Lipinski definition) is 6. The molecule has 3 N–H and O–H groups in total. The number of para-hydroxylation sites is 2. The molecular formula is C17H14N4O4. The lowest BCUT2D eigenvalue weighted by Gasteiger charge is -2.05. The van der Waals surface area contributed by atoms with Crippen LogP contribution in [0.1, 0.15) is 26.4 Å². The van der Waals surface area contributed by atoms with Crippen molar-refractivity contribution in [3.63, 3.8) is 0 Å². The summed E-state index contributed by atoms with van der Waals surface area (Å²) in [5.41, 5.74) is 7.16. The molecule has 0 aliphatic heterocycles. The molecule has 8 heteroatoms. The van der Waals surface area contributed by atoms with Gasteiger partial charge in [0.1, 0.15) is 12.3 Å². The summed E-state index contributed by atoms with van der Waals surface area (Å²) in [6.45, 7) is -0.109. The molecule has 0 amide bonds. The minimum Gasteiger partial charge on any atom is -0.478 e. The third-order valence-corrected chi connectivity index (χ3v) is 3.45. The number of aromatic carboxylic acids is 1.